The predicted molar refractivity (Wildman–Crippen MR) is 124 cm³/mol. The minimum absolute atomic E-state index is 0.469. The van der Waals surface area contributed by atoms with Gasteiger partial charge in [0.25, 0.3) is 0 Å². The van der Waals surface area contributed by atoms with Gasteiger partial charge in [0, 0.05) is 11.1 Å². The zero-order valence-corrected chi connectivity index (χ0v) is 18.2. The minimum atomic E-state index is -1.79. The number of aliphatic carboxylic acids is 1. The van der Waals surface area contributed by atoms with Gasteiger partial charge in [-0.05, 0) is 36.4 Å². The Hall–Kier alpha value is -3.80. The molecule has 10 heteroatoms. The van der Waals surface area contributed by atoms with Gasteiger partial charge in [-0.1, -0.05) is 36.4 Å². The number of carboxylic acids is 1. The first-order valence-corrected chi connectivity index (χ1v) is 10.8. The van der Waals surface area contributed by atoms with E-state index in [0.717, 1.165) is 11.1 Å². The summed E-state index contributed by atoms with van der Waals surface area (Å²) in [7, 11) is 0. The molecule has 10 nitrogen and oxygen atoms in total. The van der Waals surface area contributed by atoms with E-state index >= 15 is 0 Å². The Morgan fingerprint density at radius 1 is 0.857 bits per heavy atom. The van der Waals surface area contributed by atoms with E-state index in [0.29, 0.717) is 28.6 Å². The molecule has 0 aliphatic carbocycles. The van der Waals surface area contributed by atoms with E-state index in [1.807, 2.05) is 60.7 Å². The number of ether oxygens (including phenoxy) is 2. The normalized spacial score (nSPS) is 25.3. The Kier molecular flexibility index (Phi) is 6.20. The molecule has 0 aromatic heterocycles. The standard InChI is InChI=1S/C25H22N2O8/c28-20-21(29)23(24(31)32)34-25(22(20)30)35-27-14-11-9-13(10-12-14)19-15-5-1-3-7-17(15)33-18-8-4-2-6-16(18)26-19/h1-12,20-23,25,27-30H,(H,31,32). The fourth-order valence-electron chi connectivity index (χ4n) is 3.88. The van der Waals surface area contributed by atoms with Gasteiger partial charge < -0.3 is 29.9 Å². The molecule has 0 amide bonds. The molecular weight excluding hydrogens is 456 g/mol. The second-order valence-corrected chi connectivity index (χ2v) is 8.06. The Balaban J connectivity index is 1.36. The van der Waals surface area contributed by atoms with E-state index in [2.05, 4.69) is 5.48 Å². The summed E-state index contributed by atoms with van der Waals surface area (Å²) in [6.45, 7) is 0. The van der Waals surface area contributed by atoms with Gasteiger partial charge in [0.1, 0.15) is 29.7 Å². The van der Waals surface area contributed by atoms with Crippen LogP contribution < -0.4 is 10.2 Å². The molecule has 1 fully saturated rings. The third-order valence-electron chi connectivity index (χ3n) is 5.72. The fourth-order valence-corrected chi connectivity index (χ4v) is 3.88. The highest BCUT2D eigenvalue weighted by Gasteiger charge is 2.47. The molecular formula is C25H22N2O8. The van der Waals surface area contributed by atoms with Crippen molar-refractivity contribution in [3.8, 4) is 11.5 Å². The summed E-state index contributed by atoms with van der Waals surface area (Å²) in [5, 5.41) is 38.9. The van der Waals surface area contributed by atoms with Gasteiger partial charge in [-0.3, -0.25) is 5.48 Å². The summed E-state index contributed by atoms with van der Waals surface area (Å²) in [4.78, 5) is 21.4. The monoisotopic (exact) mass is 478 g/mol. The van der Waals surface area contributed by atoms with Crippen LogP contribution in [0.25, 0.3) is 0 Å². The number of carbonyl (C=O) groups is 1. The SMILES string of the molecule is O=C(O)C1OC(ONc2ccc(C3=Nc4ccccc4Oc4ccccc43)cc2)C(O)C(O)C1O. The number of anilines is 1. The molecule has 0 bridgehead atoms. The smallest absolute Gasteiger partial charge is 0.335 e. The second kappa shape index (κ2) is 9.45. The number of aliphatic imine (C=N–C) groups is 1. The maximum atomic E-state index is 11.2. The maximum Gasteiger partial charge on any atom is 0.335 e. The first-order chi connectivity index (χ1) is 16.9. The molecule has 5 atom stereocenters. The fraction of sp³-hybridized carbons (Fsp3) is 0.200. The molecule has 5 unspecified atom stereocenters. The summed E-state index contributed by atoms with van der Waals surface area (Å²) in [6, 6.07) is 22.1. The molecule has 0 radical (unpaired) electrons. The number of fused-ring (bicyclic) bond motifs is 2. The Bertz CT molecular complexity index is 1260. The van der Waals surface area contributed by atoms with Gasteiger partial charge in [-0.15, -0.1) is 0 Å². The van der Waals surface area contributed by atoms with Gasteiger partial charge in [-0.25, -0.2) is 14.6 Å². The topological polar surface area (TPSA) is 150 Å². The highest BCUT2D eigenvalue weighted by molar-refractivity contribution is 6.16. The van der Waals surface area contributed by atoms with Crippen molar-refractivity contribution >= 4 is 23.1 Å². The van der Waals surface area contributed by atoms with Crippen molar-refractivity contribution in [3.63, 3.8) is 0 Å². The van der Waals surface area contributed by atoms with Crippen LogP contribution in [0.15, 0.2) is 77.8 Å². The number of nitrogens with one attached hydrogen (secondary N) is 1. The van der Waals surface area contributed by atoms with Crippen molar-refractivity contribution in [1.29, 1.82) is 0 Å². The molecule has 35 heavy (non-hydrogen) atoms. The quantitative estimate of drug-likeness (QED) is 0.272. The number of hydrogen-bond donors (Lipinski definition) is 5. The van der Waals surface area contributed by atoms with Crippen molar-refractivity contribution in [2.24, 2.45) is 4.99 Å². The molecule has 2 aliphatic rings. The molecule has 3 aromatic rings. The number of aliphatic hydroxyl groups is 3. The molecule has 1 saturated heterocycles. The van der Waals surface area contributed by atoms with Gasteiger partial charge >= 0.3 is 5.97 Å². The Labute approximate surface area is 199 Å². The summed E-state index contributed by atoms with van der Waals surface area (Å²) in [5.74, 6) is -0.157. The lowest BCUT2D eigenvalue weighted by atomic mass is 9.99. The number of carboxylic acid groups (broad SMARTS) is 1. The summed E-state index contributed by atoms with van der Waals surface area (Å²) in [6.07, 6.45) is -8.48. The van der Waals surface area contributed by atoms with Crippen LogP contribution in [0.4, 0.5) is 11.4 Å². The van der Waals surface area contributed by atoms with Crippen molar-refractivity contribution in [2.45, 2.75) is 30.7 Å². The first kappa shape index (κ1) is 23.0. The molecule has 0 saturated carbocycles. The lowest BCUT2D eigenvalue weighted by Gasteiger charge is -2.38. The first-order valence-electron chi connectivity index (χ1n) is 10.8. The molecule has 2 aliphatic heterocycles. The highest BCUT2D eigenvalue weighted by atomic mass is 16.8. The zero-order valence-electron chi connectivity index (χ0n) is 18.2. The Morgan fingerprint density at radius 2 is 1.54 bits per heavy atom. The molecule has 0 spiro atoms. The van der Waals surface area contributed by atoms with Gasteiger partial charge in [0.05, 0.1) is 11.4 Å². The van der Waals surface area contributed by atoms with Crippen molar-refractivity contribution < 1.29 is 39.5 Å². The van der Waals surface area contributed by atoms with E-state index < -0.39 is 36.7 Å². The number of rotatable bonds is 5. The van der Waals surface area contributed by atoms with Crippen LogP contribution in [-0.4, -0.2) is 62.8 Å². The van der Waals surface area contributed by atoms with Crippen molar-refractivity contribution in [3.05, 3.63) is 83.9 Å². The van der Waals surface area contributed by atoms with E-state index in [9.17, 15) is 20.1 Å². The number of hydrogen-bond acceptors (Lipinski definition) is 9. The van der Waals surface area contributed by atoms with Crippen molar-refractivity contribution in [1.82, 2.24) is 0 Å². The van der Waals surface area contributed by atoms with Crippen LogP contribution >= 0.6 is 0 Å². The van der Waals surface area contributed by atoms with Gasteiger partial charge in [0.15, 0.2) is 11.9 Å². The summed E-state index contributed by atoms with van der Waals surface area (Å²) < 4.78 is 11.2. The number of nitrogens with zero attached hydrogens (tertiary/aromatic N) is 1. The number of aliphatic hydroxyl groups excluding tert-OH is 3. The average Bonchev–Trinajstić information content (AvgIpc) is 3.04. The number of para-hydroxylation sites is 3. The van der Waals surface area contributed by atoms with Crippen LogP contribution in [-0.2, 0) is 14.4 Å². The maximum absolute atomic E-state index is 11.2. The predicted octanol–water partition coefficient (Wildman–Crippen LogP) is 2.20. The third kappa shape index (κ3) is 4.48. The van der Waals surface area contributed by atoms with Crippen LogP contribution in [0.5, 0.6) is 11.5 Å². The molecule has 180 valence electrons. The van der Waals surface area contributed by atoms with Crippen LogP contribution in [0.2, 0.25) is 0 Å². The Morgan fingerprint density at radius 3 is 2.29 bits per heavy atom. The largest absolute Gasteiger partial charge is 0.479 e. The third-order valence-corrected chi connectivity index (χ3v) is 5.72. The van der Waals surface area contributed by atoms with Crippen LogP contribution in [0, 0.1) is 0 Å². The van der Waals surface area contributed by atoms with Crippen molar-refractivity contribution in [2.75, 3.05) is 5.48 Å². The summed E-state index contributed by atoms with van der Waals surface area (Å²) >= 11 is 0. The second-order valence-electron chi connectivity index (χ2n) is 8.06. The van der Waals surface area contributed by atoms with E-state index in [4.69, 9.17) is 24.4 Å². The molecule has 5 rings (SSSR count). The van der Waals surface area contributed by atoms with Crippen LogP contribution in [0.1, 0.15) is 11.1 Å². The molecule has 2 heterocycles. The molecule has 3 aromatic carbocycles. The van der Waals surface area contributed by atoms with E-state index in [1.54, 1.807) is 12.1 Å². The lowest BCUT2D eigenvalue weighted by molar-refractivity contribution is -0.287. The lowest BCUT2D eigenvalue weighted by Crippen LogP contribution is -2.60. The minimum Gasteiger partial charge on any atom is -0.479 e. The van der Waals surface area contributed by atoms with Gasteiger partial charge in [-0.2, -0.15) is 0 Å². The van der Waals surface area contributed by atoms with Gasteiger partial charge in [0.2, 0.25) is 6.29 Å². The zero-order chi connectivity index (χ0) is 24.5. The average molecular weight is 478 g/mol. The molecule has 5 N–H and O–H groups in total. The van der Waals surface area contributed by atoms with E-state index in [-0.39, 0.29) is 0 Å². The van der Waals surface area contributed by atoms with E-state index in [1.165, 1.54) is 0 Å². The number of benzene rings is 3. The summed E-state index contributed by atoms with van der Waals surface area (Å²) in [5.41, 5.74) is 6.09. The van der Waals surface area contributed by atoms with Crippen LogP contribution in [0.3, 0.4) is 0 Å². The highest BCUT2D eigenvalue weighted by Crippen LogP contribution is 2.38.